The molecule has 2 unspecified atom stereocenters. The van der Waals surface area contributed by atoms with Crippen LogP contribution in [0.4, 0.5) is 0 Å². The molecule has 21 heavy (non-hydrogen) atoms. The van der Waals surface area contributed by atoms with Crippen molar-refractivity contribution in [2.45, 2.75) is 38.7 Å². The van der Waals surface area contributed by atoms with Gasteiger partial charge in [0.1, 0.15) is 5.60 Å². The van der Waals surface area contributed by atoms with E-state index in [4.69, 9.17) is 9.84 Å². The monoisotopic (exact) mass is 291 g/mol. The second kappa shape index (κ2) is 7.02. The van der Waals surface area contributed by atoms with Crippen LogP contribution in [-0.4, -0.2) is 27.6 Å². The zero-order chi connectivity index (χ0) is 16.0. The second-order valence-corrected chi connectivity index (χ2v) is 5.78. The number of carbonyl (C=O) groups is 2. The van der Waals surface area contributed by atoms with Crippen molar-refractivity contribution in [1.29, 1.82) is 0 Å². The molecule has 1 aliphatic rings. The van der Waals surface area contributed by atoms with Gasteiger partial charge >= 0.3 is 11.9 Å². The number of ether oxygens (including phenoxy) is 1. The van der Waals surface area contributed by atoms with E-state index in [0.29, 0.717) is 0 Å². The predicted molar refractivity (Wildman–Crippen MR) is 78.8 cm³/mol. The minimum atomic E-state index is -0.703. The van der Waals surface area contributed by atoms with Crippen LogP contribution < -0.4 is 0 Å². The summed E-state index contributed by atoms with van der Waals surface area (Å²) in [4.78, 5) is 25.1. The number of carbonyl (C=O) groups excluding carboxylic acids is 1. The summed E-state index contributed by atoms with van der Waals surface area (Å²) >= 11 is 0. The van der Waals surface area contributed by atoms with E-state index >= 15 is 0 Å². The van der Waals surface area contributed by atoms with E-state index in [2.05, 4.69) is 11.6 Å². The molecule has 0 radical (unpaired) electrons. The molecule has 1 saturated carbocycles. The molecule has 5 heteroatoms. The van der Waals surface area contributed by atoms with Crippen LogP contribution in [-0.2, 0) is 14.3 Å². The number of esters is 1. The Balaban J connectivity index is 0.000000222. The Hall–Kier alpha value is -2.17. The fourth-order valence-electron chi connectivity index (χ4n) is 1.73. The number of carboxylic acid groups (broad SMARTS) is 1. The largest absolute Gasteiger partial charge is 0.481 e. The lowest BCUT2D eigenvalue weighted by Crippen LogP contribution is -2.22. The molecule has 0 amide bonds. The maximum absolute atomic E-state index is 10.5. The van der Waals surface area contributed by atoms with Crippen LogP contribution in [0.2, 0.25) is 0 Å². The van der Waals surface area contributed by atoms with Crippen LogP contribution >= 0.6 is 0 Å². The van der Waals surface area contributed by atoms with Gasteiger partial charge in [-0.3, -0.25) is 9.78 Å². The Morgan fingerprint density at radius 3 is 2.43 bits per heavy atom. The van der Waals surface area contributed by atoms with Crippen molar-refractivity contribution >= 4 is 11.9 Å². The summed E-state index contributed by atoms with van der Waals surface area (Å²) in [5, 5.41) is 8.66. The molecule has 0 aliphatic heterocycles. The summed E-state index contributed by atoms with van der Waals surface area (Å²) in [5.41, 5.74) is 0.510. The average molecular weight is 291 g/mol. The number of rotatable bonds is 3. The Morgan fingerprint density at radius 2 is 2.10 bits per heavy atom. The molecule has 1 N–H and O–H groups in total. The second-order valence-electron chi connectivity index (χ2n) is 5.78. The molecule has 0 aromatic carbocycles. The Labute approximate surface area is 124 Å². The SMILES string of the molecule is C=CC(=O)OC(C)(C)C.O=C(O)C1CC1c1ccccn1. The third-order valence-corrected chi connectivity index (χ3v) is 2.75. The molecule has 2 atom stereocenters. The van der Waals surface area contributed by atoms with Gasteiger partial charge in [0.15, 0.2) is 0 Å². The molecule has 1 fully saturated rings. The predicted octanol–water partition coefficient (Wildman–Crippen LogP) is 2.78. The lowest BCUT2D eigenvalue weighted by molar-refractivity contribution is -0.148. The van der Waals surface area contributed by atoms with Gasteiger partial charge in [-0.15, -0.1) is 0 Å². The standard InChI is InChI=1S/C9H9NO2.C7H12O2/c11-9(12)7-5-6(7)8-3-1-2-4-10-8;1-5-6(8)9-7(2,3)4/h1-4,6-7H,5H2,(H,11,12);5H,1H2,2-4H3. The molecule has 1 aliphatic carbocycles. The maximum atomic E-state index is 10.5. The molecule has 0 bridgehead atoms. The molecular formula is C16H21NO4. The lowest BCUT2D eigenvalue weighted by atomic mass is 10.2. The minimum absolute atomic E-state index is 0.156. The average Bonchev–Trinajstić information content (AvgIpc) is 3.19. The third kappa shape index (κ3) is 6.21. The van der Waals surface area contributed by atoms with Crippen LogP contribution in [0.3, 0.4) is 0 Å². The molecule has 5 nitrogen and oxygen atoms in total. The summed E-state index contributed by atoms with van der Waals surface area (Å²) in [6, 6.07) is 5.61. The van der Waals surface area contributed by atoms with Crippen molar-refractivity contribution in [3.63, 3.8) is 0 Å². The zero-order valence-corrected chi connectivity index (χ0v) is 12.6. The number of aromatic nitrogens is 1. The number of aliphatic carboxylic acids is 1. The number of carboxylic acids is 1. The first-order valence-corrected chi connectivity index (χ1v) is 6.73. The molecule has 1 aromatic heterocycles. The summed E-state index contributed by atoms with van der Waals surface area (Å²) < 4.78 is 4.83. The van der Waals surface area contributed by atoms with Crippen molar-refractivity contribution < 1.29 is 19.4 Å². The molecule has 0 spiro atoms. The molecule has 114 valence electrons. The third-order valence-electron chi connectivity index (χ3n) is 2.75. The summed E-state index contributed by atoms with van der Waals surface area (Å²) in [5.74, 6) is -1.11. The zero-order valence-electron chi connectivity index (χ0n) is 12.6. The van der Waals surface area contributed by atoms with Crippen LogP contribution in [0.5, 0.6) is 0 Å². The van der Waals surface area contributed by atoms with Crippen molar-refractivity contribution in [1.82, 2.24) is 4.98 Å². The van der Waals surface area contributed by atoms with E-state index in [-0.39, 0.29) is 17.8 Å². The van der Waals surface area contributed by atoms with Crippen molar-refractivity contribution in [3.8, 4) is 0 Å². The highest BCUT2D eigenvalue weighted by atomic mass is 16.6. The summed E-state index contributed by atoms with van der Waals surface area (Å²) in [6.45, 7) is 8.71. The van der Waals surface area contributed by atoms with Crippen LogP contribution in [0, 0.1) is 5.92 Å². The van der Waals surface area contributed by atoms with Gasteiger partial charge in [0.2, 0.25) is 0 Å². The lowest BCUT2D eigenvalue weighted by Gasteiger charge is -2.17. The smallest absolute Gasteiger partial charge is 0.330 e. The first-order chi connectivity index (χ1) is 9.74. The maximum Gasteiger partial charge on any atom is 0.330 e. The number of hydrogen-bond donors (Lipinski definition) is 1. The van der Waals surface area contributed by atoms with Crippen LogP contribution in [0.15, 0.2) is 37.1 Å². The highest BCUT2D eigenvalue weighted by molar-refractivity contribution is 5.81. The molecule has 1 aromatic rings. The summed E-state index contributed by atoms with van der Waals surface area (Å²) in [6.07, 6.45) is 3.60. The van der Waals surface area contributed by atoms with Gasteiger partial charge in [0.05, 0.1) is 5.92 Å². The Bertz CT molecular complexity index is 505. The first kappa shape index (κ1) is 16.9. The van der Waals surface area contributed by atoms with Gasteiger partial charge in [-0.2, -0.15) is 0 Å². The molecule has 1 heterocycles. The van der Waals surface area contributed by atoms with Gasteiger partial charge in [-0.25, -0.2) is 4.79 Å². The fraction of sp³-hybridized carbons (Fsp3) is 0.438. The van der Waals surface area contributed by atoms with Crippen molar-refractivity contribution in [2.75, 3.05) is 0 Å². The normalized spacial score (nSPS) is 19.8. The fourth-order valence-corrected chi connectivity index (χ4v) is 1.73. The molecule has 2 rings (SSSR count). The Morgan fingerprint density at radius 1 is 1.43 bits per heavy atom. The molecular weight excluding hydrogens is 270 g/mol. The van der Waals surface area contributed by atoms with Gasteiger partial charge in [0, 0.05) is 23.9 Å². The number of nitrogens with zero attached hydrogens (tertiary/aromatic N) is 1. The highest BCUT2D eigenvalue weighted by Crippen LogP contribution is 2.46. The van der Waals surface area contributed by atoms with Gasteiger partial charge in [0.25, 0.3) is 0 Å². The molecule has 0 saturated heterocycles. The van der Waals surface area contributed by atoms with Gasteiger partial charge in [-0.1, -0.05) is 12.6 Å². The van der Waals surface area contributed by atoms with Gasteiger partial charge < -0.3 is 9.84 Å². The van der Waals surface area contributed by atoms with Gasteiger partial charge in [-0.05, 0) is 39.3 Å². The minimum Gasteiger partial charge on any atom is -0.481 e. The van der Waals surface area contributed by atoms with Crippen molar-refractivity contribution in [3.05, 3.63) is 42.7 Å². The van der Waals surface area contributed by atoms with Crippen molar-refractivity contribution in [2.24, 2.45) is 5.92 Å². The van der Waals surface area contributed by atoms with Crippen LogP contribution in [0.25, 0.3) is 0 Å². The number of pyridine rings is 1. The summed E-state index contributed by atoms with van der Waals surface area (Å²) in [7, 11) is 0. The quantitative estimate of drug-likeness (QED) is 0.684. The van der Waals surface area contributed by atoms with E-state index in [1.165, 1.54) is 0 Å². The highest BCUT2D eigenvalue weighted by Gasteiger charge is 2.44. The van der Waals surface area contributed by atoms with E-state index in [1.54, 1.807) is 6.20 Å². The van der Waals surface area contributed by atoms with E-state index in [1.807, 2.05) is 39.0 Å². The topological polar surface area (TPSA) is 76.5 Å². The van der Waals surface area contributed by atoms with E-state index in [9.17, 15) is 9.59 Å². The Kier molecular flexibility index (Phi) is 5.64. The number of hydrogen-bond acceptors (Lipinski definition) is 4. The van der Waals surface area contributed by atoms with E-state index < -0.39 is 11.6 Å². The van der Waals surface area contributed by atoms with Crippen LogP contribution in [0.1, 0.15) is 38.8 Å². The first-order valence-electron chi connectivity index (χ1n) is 6.73. The van der Waals surface area contributed by atoms with E-state index in [0.717, 1.165) is 18.2 Å².